The Balaban J connectivity index is 2.31. The van der Waals surface area contributed by atoms with Gasteiger partial charge in [-0.3, -0.25) is 0 Å². The molecule has 0 unspecified atom stereocenters. The summed E-state index contributed by atoms with van der Waals surface area (Å²) in [5.41, 5.74) is 0. The normalized spacial score (nSPS) is 11.1. The van der Waals surface area contributed by atoms with Gasteiger partial charge in [-0.15, -0.1) is 6.58 Å². The number of allylic oxidation sites excluding steroid dienone is 1. The van der Waals surface area contributed by atoms with Crippen LogP contribution in [-0.2, 0) is 0 Å². The van der Waals surface area contributed by atoms with Gasteiger partial charge in [0.1, 0.15) is 0 Å². The molecule has 0 N–H and O–H groups in total. The Hall–Kier alpha value is -2.38. The maximum Gasteiger partial charge on any atom is 0.151 e. The van der Waals surface area contributed by atoms with Crippen molar-refractivity contribution in [2.45, 2.75) is 6.04 Å². The first kappa shape index (κ1) is 14.5. The van der Waals surface area contributed by atoms with Crippen LogP contribution in [0.2, 0.25) is 6.04 Å². The lowest BCUT2D eigenvalue weighted by atomic mass is 10.3. The van der Waals surface area contributed by atoms with Gasteiger partial charge in [0.2, 0.25) is 0 Å². The van der Waals surface area contributed by atoms with Crippen molar-refractivity contribution in [2.24, 2.45) is 0 Å². The van der Waals surface area contributed by atoms with Crippen LogP contribution in [0.25, 0.3) is 0 Å². The number of benzene rings is 3. The predicted octanol–water partition coefficient (Wildman–Crippen LogP) is 3.34. The van der Waals surface area contributed by atoms with Crippen molar-refractivity contribution in [3.63, 3.8) is 0 Å². The minimum atomic E-state index is -2.04. The molecule has 0 atom stereocenters. The Kier molecular flexibility index (Phi) is 4.36. The maximum absolute atomic E-state index is 4.06. The fourth-order valence-electron chi connectivity index (χ4n) is 3.24. The monoisotopic (exact) mass is 300 g/mol. The van der Waals surface area contributed by atoms with E-state index in [1.54, 1.807) is 0 Å². The molecule has 0 heterocycles. The molecule has 0 nitrogen and oxygen atoms in total. The van der Waals surface area contributed by atoms with Gasteiger partial charge in [0.25, 0.3) is 0 Å². The first-order valence-electron chi connectivity index (χ1n) is 7.65. The Morgan fingerprint density at radius 3 is 1.18 bits per heavy atom. The van der Waals surface area contributed by atoms with E-state index < -0.39 is 8.07 Å². The highest BCUT2D eigenvalue weighted by Crippen LogP contribution is 2.13. The van der Waals surface area contributed by atoms with E-state index >= 15 is 0 Å². The summed E-state index contributed by atoms with van der Waals surface area (Å²) >= 11 is 0. The molecule has 0 radical (unpaired) electrons. The van der Waals surface area contributed by atoms with Crippen LogP contribution in [0.15, 0.2) is 104 Å². The summed E-state index contributed by atoms with van der Waals surface area (Å²) in [5, 5.41) is 4.31. The van der Waals surface area contributed by atoms with Crippen molar-refractivity contribution in [3.8, 4) is 0 Å². The molecule has 0 bridgehead atoms. The van der Waals surface area contributed by atoms with Gasteiger partial charge in [0, 0.05) is 0 Å². The highest BCUT2D eigenvalue weighted by molar-refractivity contribution is 7.11. The van der Waals surface area contributed by atoms with Gasteiger partial charge in [0.15, 0.2) is 8.07 Å². The zero-order chi connectivity index (χ0) is 15.3. The topological polar surface area (TPSA) is 0 Å². The molecule has 22 heavy (non-hydrogen) atoms. The summed E-state index contributed by atoms with van der Waals surface area (Å²) in [6.07, 6.45) is 2.08. The van der Waals surface area contributed by atoms with E-state index in [-0.39, 0.29) is 0 Å². The van der Waals surface area contributed by atoms with E-state index in [4.69, 9.17) is 0 Å². The lowest BCUT2D eigenvalue weighted by Gasteiger charge is -2.32. The van der Waals surface area contributed by atoms with Crippen LogP contribution in [-0.4, -0.2) is 8.07 Å². The molecule has 3 rings (SSSR count). The van der Waals surface area contributed by atoms with Gasteiger partial charge >= 0.3 is 0 Å². The van der Waals surface area contributed by atoms with Crippen LogP contribution in [0, 0.1) is 0 Å². The van der Waals surface area contributed by atoms with Gasteiger partial charge < -0.3 is 0 Å². The van der Waals surface area contributed by atoms with Crippen LogP contribution in [0.5, 0.6) is 0 Å². The third kappa shape index (κ3) is 2.56. The van der Waals surface area contributed by atoms with Gasteiger partial charge in [0.05, 0.1) is 0 Å². The largest absolute Gasteiger partial charge is 0.151 e. The molecule has 0 saturated heterocycles. The molecule has 0 spiro atoms. The Morgan fingerprint density at radius 1 is 0.591 bits per heavy atom. The standard InChI is InChI=1S/C21H20Si/c1-2-18-22(19-12-6-3-7-13-19,20-14-8-4-9-15-20)21-16-10-5-11-17-21/h2-17H,1,18H2. The highest BCUT2D eigenvalue weighted by Gasteiger charge is 2.37. The van der Waals surface area contributed by atoms with Gasteiger partial charge in [-0.25, -0.2) is 0 Å². The summed E-state index contributed by atoms with van der Waals surface area (Å²) in [6.45, 7) is 4.06. The second kappa shape index (κ2) is 6.59. The summed E-state index contributed by atoms with van der Waals surface area (Å²) in [5.74, 6) is 0. The minimum Gasteiger partial charge on any atom is -0.103 e. The van der Waals surface area contributed by atoms with Crippen molar-refractivity contribution in [1.82, 2.24) is 0 Å². The molecule has 1 heteroatoms. The summed E-state index contributed by atoms with van der Waals surface area (Å²) < 4.78 is 0. The second-order valence-electron chi connectivity index (χ2n) is 5.50. The van der Waals surface area contributed by atoms with E-state index in [1.807, 2.05) is 0 Å². The van der Waals surface area contributed by atoms with E-state index in [9.17, 15) is 0 Å². The van der Waals surface area contributed by atoms with Gasteiger partial charge in [-0.2, -0.15) is 0 Å². The van der Waals surface area contributed by atoms with Crippen LogP contribution in [0.1, 0.15) is 0 Å². The molecule has 0 aliphatic carbocycles. The zero-order valence-corrected chi connectivity index (χ0v) is 13.7. The number of hydrogen-bond donors (Lipinski definition) is 0. The minimum absolute atomic E-state index is 1.00. The SMILES string of the molecule is C=CC[Si](c1ccccc1)(c1ccccc1)c1ccccc1. The van der Waals surface area contributed by atoms with Gasteiger partial charge in [-0.05, 0) is 21.6 Å². The average molecular weight is 300 g/mol. The van der Waals surface area contributed by atoms with E-state index in [0.29, 0.717) is 0 Å². The lowest BCUT2D eigenvalue weighted by molar-refractivity contribution is 1.57. The molecule has 3 aromatic carbocycles. The zero-order valence-electron chi connectivity index (χ0n) is 12.7. The predicted molar refractivity (Wildman–Crippen MR) is 99.0 cm³/mol. The lowest BCUT2D eigenvalue weighted by Crippen LogP contribution is -2.66. The fraction of sp³-hybridized carbons (Fsp3) is 0.0476. The van der Waals surface area contributed by atoms with Crippen molar-refractivity contribution >= 4 is 23.6 Å². The molecule has 0 aromatic heterocycles. The average Bonchev–Trinajstić information content (AvgIpc) is 2.62. The van der Waals surface area contributed by atoms with Crippen LogP contribution in [0.4, 0.5) is 0 Å². The third-order valence-corrected chi connectivity index (χ3v) is 9.11. The Morgan fingerprint density at radius 2 is 0.909 bits per heavy atom. The van der Waals surface area contributed by atoms with E-state index in [0.717, 1.165) is 6.04 Å². The first-order valence-corrected chi connectivity index (χ1v) is 9.86. The second-order valence-corrected chi connectivity index (χ2v) is 9.45. The first-order chi connectivity index (χ1) is 10.9. The summed E-state index contributed by atoms with van der Waals surface area (Å²) in [6, 6.07) is 33.8. The van der Waals surface area contributed by atoms with Crippen molar-refractivity contribution in [3.05, 3.63) is 104 Å². The quantitative estimate of drug-likeness (QED) is 0.385. The fourth-order valence-corrected chi connectivity index (χ4v) is 7.66. The van der Waals surface area contributed by atoms with Crippen LogP contribution >= 0.6 is 0 Å². The molecule has 0 saturated carbocycles. The van der Waals surface area contributed by atoms with Crippen LogP contribution < -0.4 is 15.6 Å². The third-order valence-electron chi connectivity index (χ3n) is 4.25. The molecule has 108 valence electrons. The molecular weight excluding hydrogens is 280 g/mol. The molecule has 0 aliphatic rings. The Labute approximate surface area is 133 Å². The molecule has 3 aromatic rings. The molecule has 0 amide bonds. The van der Waals surface area contributed by atoms with Crippen molar-refractivity contribution < 1.29 is 0 Å². The molecular formula is C21H20Si. The summed E-state index contributed by atoms with van der Waals surface area (Å²) in [7, 11) is -2.04. The van der Waals surface area contributed by atoms with E-state index in [1.165, 1.54) is 15.6 Å². The molecule has 0 aliphatic heterocycles. The van der Waals surface area contributed by atoms with Crippen LogP contribution in [0.3, 0.4) is 0 Å². The highest BCUT2D eigenvalue weighted by atomic mass is 28.3. The van der Waals surface area contributed by atoms with Crippen molar-refractivity contribution in [1.29, 1.82) is 0 Å². The maximum atomic E-state index is 4.06. The number of hydrogen-bond acceptors (Lipinski definition) is 0. The smallest absolute Gasteiger partial charge is 0.103 e. The summed E-state index contributed by atoms with van der Waals surface area (Å²) in [4.78, 5) is 0. The van der Waals surface area contributed by atoms with Crippen molar-refractivity contribution in [2.75, 3.05) is 0 Å². The Bertz CT molecular complexity index is 621. The van der Waals surface area contributed by atoms with E-state index in [2.05, 4.69) is 104 Å². The molecule has 0 fully saturated rings. The number of rotatable bonds is 5. The van der Waals surface area contributed by atoms with Gasteiger partial charge in [-0.1, -0.05) is 97.1 Å².